The van der Waals surface area contributed by atoms with E-state index in [-0.39, 0.29) is 0 Å². The van der Waals surface area contributed by atoms with Gasteiger partial charge >= 0.3 is 0 Å². The minimum absolute atomic E-state index is 0.806. The number of hydrogen-bond acceptors (Lipinski definition) is 3. The zero-order valence-corrected chi connectivity index (χ0v) is 10.8. The predicted molar refractivity (Wildman–Crippen MR) is 70.4 cm³/mol. The molecule has 0 spiro atoms. The molecule has 0 radical (unpaired) electrons. The summed E-state index contributed by atoms with van der Waals surface area (Å²) >= 11 is 0. The number of ether oxygens (including phenoxy) is 1. The van der Waals surface area contributed by atoms with Crippen molar-refractivity contribution in [2.45, 2.75) is 25.4 Å². The molecule has 1 N–H and O–H groups in total. The minimum atomic E-state index is 0.806. The van der Waals surface area contributed by atoms with E-state index in [0.29, 0.717) is 0 Å². The molecule has 1 aliphatic rings. The van der Waals surface area contributed by atoms with Gasteiger partial charge < -0.3 is 15.0 Å². The Morgan fingerprint density at radius 2 is 2.24 bits per heavy atom. The molecule has 0 heterocycles. The maximum absolute atomic E-state index is 5.23. The van der Waals surface area contributed by atoms with E-state index in [2.05, 4.69) is 29.4 Å². The van der Waals surface area contributed by atoms with Crippen LogP contribution in [-0.4, -0.2) is 38.2 Å². The Hall–Kier alpha value is -1.06. The first-order valence-electron chi connectivity index (χ1n) is 6.33. The fraction of sp³-hybridized carbons (Fsp3) is 0.571. The van der Waals surface area contributed by atoms with Gasteiger partial charge in [-0.15, -0.1) is 0 Å². The standard InChI is InChI=1S/C14H22N2O/c1-16(9-8-15-13-6-7-13)11-12-4-3-5-14(10-12)17-2/h3-5,10,13,15H,6-9,11H2,1-2H3. The van der Waals surface area contributed by atoms with Gasteiger partial charge in [-0.05, 0) is 37.6 Å². The van der Waals surface area contributed by atoms with Gasteiger partial charge in [-0.25, -0.2) is 0 Å². The topological polar surface area (TPSA) is 24.5 Å². The van der Waals surface area contributed by atoms with Gasteiger partial charge in [0.1, 0.15) is 5.75 Å². The molecule has 1 aliphatic carbocycles. The van der Waals surface area contributed by atoms with Gasteiger partial charge in [0.2, 0.25) is 0 Å². The third-order valence-electron chi connectivity index (χ3n) is 3.09. The number of benzene rings is 1. The first-order chi connectivity index (χ1) is 8.28. The van der Waals surface area contributed by atoms with Crippen molar-refractivity contribution in [3.05, 3.63) is 29.8 Å². The summed E-state index contributed by atoms with van der Waals surface area (Å²) in [4.78, 5) is 2.34. The van der Waals surface area contributed by atoms with Gasteiger partial charge in [0.15, 0.2) is 0 Å². The molecule has 1 aromatic carbocycles. The lowest BCUT2D eigenvalue weighted by atomic mass is 10.2. The lowest BCUT2D eigenvalue weighted by molar-refractivity contribution is 0.323. The van der Waals surface area contributed by atoms with Gasteiger partial charge in [0.05, 0.1) is 7.11 Å². The van der Waals surface area contributed by atoms with Crippen LogP contribution < -0.4 is 10.1 Å². The Kier molecular flexibility index (Phi) is 4.40. The van der Waals surface area contributed by atoms with E-state index in [9.17, 15) is 0 Å². The number of likely N-dealkylation sites (N-methyl/N-ethyl adjacent to an activating group) is 1. The molecule has 1 fully saturated rings. The van der Waals surface area contributed by atoms with Crippen molar-refractivity contribution in [2.75, 3.05) is 27.2 Å². The summed E-state index contributed by atoms with van der Waals surface area (Å²) in [5.74, 6) is 0.937. The fourth-order valence-corrected chi connectivity index (χ4v) is 1.91. The normalized spacial score (nSPS) is 15.2. The van der Waals surface area contributed by atoms with Crippen LogP contribution in [0.3, 0.4) is 0 Å². The van der Waals surface area contributed by atoms with Crippen LogP contribution in [0.1, 0.15) is 18.4 Å². The van der Waals surface area contributed by atoms with Gasteiger partial charge in [0.25, 0.3) is 0 Å². The summed E-state index contributed by atoms with van der Waals surface area (Å²) in [6.45, 7) is 3.16. The monoisotopic (exact) mass is 234 g/mol. The Bertz CT molecular complexity index is 350. The largest absolute Gasteiger partial charge is 0.497 e. The minimum Gasteiger partial charge on any atom is -0.497 e. The molecule has 0 aliphatic heterocycles. The summed E-state index contributed by atoms with van der Waals surface area (Å²) in [5.41, 5.74) is 1.30. The zero-order valence-electron chi connectivity index (χ0n) is 10.8. The highest BCUT2D eigenvalue weighted by Gasteiger charge is 2.19. The van der Waals surface area contributed by atoms with E-state index in [1.165, 1.54) is 18.4 Å². The predicted octanol–water partition coefficient (Wildman–Crippen LogP) is 1.88. The number of methoxy groups -OCH3 is 1. The summed E-state index contributed by atoms with van der Waals surface area (Å²) < 4.78 is 5.23. The molecule has 0 atom stereocenters. The Labute approximate surface area is 104 Å². The first-order valence-corrected chi connectivity index (χ1v) is 6.33. The first kappa shape index (κ1) is 12.4. The lowest BCUT2D eigenvalue weighted by Crippen LogP contribution is -2.30. The molecule has 3 nitrogen and oxygen atoms in total. The lowest BCUT2D eigenvalue weighted by Gasteiger charge is -2.17. The van der Waals surface area contributed by atoms with Gasteiger partial charge in [-0.1, -0.05) is 12.1 Å². The van der Waals surface area contributed by atoms with Crippen LogP contribution in [0, 0.1) is 0 Å². The van der Waals surface area contributed by atoms with Crippen molar-refractivity contribution in [1.82, 2.24) is 10.2 Å². The van der Waals surface area contributed by atoms with Crippen LogP contribution in [0.15, 0.2) is 24.3 Å². The Balaban J connectivity index is 1.73. The highest BCUT2D eigenvalue weighted by Crippen LogP contribution is 2.18. The SMILES string of the molecule is COc1cccc(CN(C)CCNC2CC2)c1. The molecule has 3 heteroatoms. The smallest absolute Gasteiger partial charge is 0.119 e. The van der Waals surface area contributed by atoms with Gasteiger partial charge in [-0.3, -0.25) is 0 Å². The van der Waals surface area contributed by atoms with Crippen molar-refractivity contribution < 1.29 is 4.74 Å². The van der Waals surface area contributed by atoms with Crippen LogP contribution in [0.4, 0.5) is 0 Å². The molecule has 0 unspecified atom stereocenters. The average molecular weight is 234 g/mol. The number of nitrogens with one attached hydrogen (secondary N) is 1. The molecule has 0 saturated heterocycles. The van der Waals surface area contributed by atoms with E-state index >= 15 is 0 Å². The molecule has 1 aromatic rings. The van der Waals surface area contributed by atoms with E-state index < -0.39 is 0 Å². The van der Waals surface area contributed by atoms with Crippen molar-refractivity contribution in [2.24, 2.45) is 0 Å². The number of nitrogens with zero attached hydrogens (tertiary/aromatic N) is 1. The van der Waals surface area contributed by atoms with Crippen molar-refractivity contribution in [3.63, 3.8) is 0 Å². The molecule has 17 heavy (non-hydrogen) atoms. The van der Waals surface area contributed by atoms with E-state index in [4.69, 9.17) is 4.74 Å². The molecule has 0 aromatic heterocycles. The maximum Gasteiger partial charge on any atom is 0.119 e. The molecule has 0 bridgehead atoms. The van der Waals surface area contributed by atoms with Crippen LogP contribution in [0.5, 0.6) is 5.75 Å². The van der Waals surface area contributed by atoms with E-state index in [1.807, 2.05) is 12.1 Å². The summed E-state index contributed by atoms with van der Waals surface area (Å²) in [6.07, 6.45) is 2.72. The second kappa shape index (κ2) is 6.03. The quantitative estimate of drug-likeness (QED) is 0.779. The average Bonchev–Trinajstić information content (AvgIpc) is 3.13. The Morgan fingerprint density at radius 1 is 1.41 bits per heavy atom. The molecule has 0 amide bonds. The molecule has 2 rings (SSSR count). The Morgan fingerprint density at radius 3 is 2.94 bits per heavy atom. The summed E-state index contributed by atoms with van der Waals surface area (Å²) in [5, 5.41) is 3.53. The summed E-state index contributed by atoms with van der Waals surface area (Å²) in [7, 11) is 3.87. The van der Waals surface area contributed by atoms with Crippen LogP contribution in [-0.2, 0) is 6.54 Å². The summed E-state index contributed by atoms with van der Waals surface area (Å²) in [6, 6.07) is 9.08. The van der Waals surface area contributed by atoms with Crippen LogP contribution >= 0.6 is 0 Å². The highest BCUT2D eigenvalue weighted by molar-refractivity contribution is 5.28. The maximum atomic E-state index is 5.23. The van der Waals surface area contributed by atoms with Crippen molar-refractivity contribution in [3.8, 4) is 5.75 Å². The molecular formula is C14H22N2O. The fourth-order valence-electron chi connectivity index (χ4n) is 1.91. The van der Waals surface area contributed by atoms with Crippen LogP contribution in [0.25, 0.3) is 0 Å². The third kappa shape index (κ3) is 4.36. The van der Waals surface area contributed by atoms with E-state index in [0.717, 1.165) is 31.4 Å². The molecular weight excluding hydrogens is 212 g/mol. The second-order valence-electron chi connectivity index (χ2n) is 4.82. The number of hydrogen-bond donors (Lipinski definition) is 1. The second-order valence-corrected chi connectivity index (χ2v) is 4.82. The van der Waals surface area contributed by atoms with Crippen LogP contribution in [0.2, 0.25) is 0 Å². The third-order valence-corrected chi connectivity index (χ3v) is 3.09. The molecule has 94 valence electrons. The number of rotatable bonds is 7. The van der Waals surface area contributed by atoms with Gasteiger partial charge in [0, 0.05) is 25.7 Å². The van der Waals surface area contributed by atoms with Gasteiger partial charge in [-0.2, -0.15) is 0 Å². The highest BCUT2D eigenvalue weighted by atomic mass is 16.5. The van der Waals surface area contributed by atoms with Crippen molar-refractivity contribution in [1.29, 1.82) is 0 Å². The van der Waals surface area contributed by atoms with Crippen molar-refractivity contribution >= 4 is 0 Å². The zero-order chi connectivity index (χ0) is 12.1. The van der Waals surface area contributed by atoms with E-state index in [1.54, 1.807) is 7.11 Å². The molecule has 1 saturated carbocycles.